The fourth-order valence-electron chi connectivity index (χ4n) is 4.37. The third-order valence-corrected chi connectivity index (χ3v) is 5.52. The molecule has 3 rings (SSSR count). The molecule has 0 aromatic heterocycles. The number of aliphatic hydroxyl groups is 1. The lowest BCUT2D eigenvalue weighted by Crippen LogP contribution is -2.50. The van der Waals surface area contributed by atoms with Crippen molar-refractivity contribution in [3.05, 3.63) is 0 Å². The van der Waals surface area contributed by atoms with Crippen LogP contribution >= 0.6 is 0 Å². The Balaban J connectivity index is 1.63. The highest BCUT2D eigenvalue weighted by atomic mass is 16.3. The molecule has 20 heavy (non-hydrogen) atoms. The van der Waals surface area contributed by atoms with E-state index < -0.39 is 0 Å². The molecule has 0 aromatic rings. The first-order chi connectivity index (χ1) is 9.58. The number of nitrogens with zero attached hydrogens (tertiary/aromatic N) is 1. The van der Waals surface area contributed by atoms with Crippen molar-refractivity contribution in [1.29, 1.82) is 0 Å². The van der Waals surface area contributed by atoms with E-state index in [1.165, 1.54) is 11.3 Å². The number of carbonyl (C=O) groups excluding carboxylic acids is 2. The Labute approximate surface area is 120 Å². The number of hydrogen-bond acceptors (Lipinski definition) is 3. The number of amides is 2. The van der Waals surface area contributed by atoms with Crippen LogP contribution in [0, 0.1) is 11.3 Å². The molecule has 2 atom stereocenters. The SMILES string of the molecule is O=C1CC2(CCCCC2)CC(=O)N1CC1CCC(O)C1. The summed E-state index contributed by atoms with van der Waals surface area (Å²) in [6.45, 7) is 0.533. The van der Waals surface area contributed by atoms with E-state index in [4.69, 9.17) is 0 Å². The molecule has 1 aliphatic heterocycles. The molecule has 0 radical (unpaired) electrons. The van der Waals surface area contributed by atoms with Gasteiger partial charge in [0.1, 0.15) is 0 Å². The first-order valence-corrected chi connectivity index (χ1v) is 8.09. The van der Waals surface area contributed by atoms with Gasteiger partial charge >= 0.3 is 0 Å². The highest BCUT2D eigenvalue weighted by Crippen LogP contribution is 2.45. The van der Waals surface area contributed by atoms with E-state index in [-0.39, 0.29) is 23.3 Å². The molecule has 1 N–H and O–H groups in total. The average molecular weight is 279 g/mol. The monoisotopic (exact) mass is 279 g/mol. The molecule has 3 aliphatic rings. The van der Waals surface area contributed by atoms with Crippen molar-refractivity contribution in [1.82, 2.24) is 4.90 Å². The van der Waals surface area contributed by atoms with E-state index in [2.05, 4.69) is 0 Å². The second kappa shape index (κ2) is 5.47. The average Bonchev–Trinajstić information content (AvgIpc) is 2.81. The molecule has 2 aliphatic carbocycles. The molecule has 3 fully saturated rings. The van der Waals surface area contributed by atoms with Gasteiger partial charge in [-0.2, -0.15) is 0 Å². The van der Waals surface area contributed by atoms with Gasteiger partial charge in [0.25, 0.3) is 0 Å². The van der Waals surface area contributed by atoms with Crippen LogP contribution in [0.3, 0.4) is 0 Å². The van der Waals surface area contributed by atoms with Crippen molar-refractivity contribution < 1.29 is 14.7 Å². The molecule has 2 amide bonds. The molecule has 4 heteroatoms. The van der Waals surface area contributed by atoms with E-state index in [1.54, 1.807) is 0 Å². The van der Waals surface area contributed by atoms with Crippen molar-refractivity contribution in [3.63, 3.8) is 0 Å². The fraction of sp³-hybridized carbons (Fsp3) is 0.875. The van der Waals surface area contributed by atoms with Crippen LogP contribution in [-0.4, -0.2) is 34.5 Å². The molecule has 0 aromatic carbocycles. The fourth-order valence-corrected chi connectivity index (χ4v) is 4.37. The minimum absolute atomic E-state index is 0.0158. The van der Waals surface area contributed by atoms with Crippen molar-refractivity contribution in [2.45, 2.75) is 70.3 Å². The summed E-state index contributed by atoms with van der Waals surface area (Å²) in [5.41, 5.74) is -0.0158. The predicted octanol–water partition coefficient (Wildman–Crippen LogP) is 2.25. The summed E-state index contributed by atoms with van der Waals surface area (Å²) in [7, 11) is 0. The zero-order chi connectivity index (χ0) is 14.2. The molecule has 0 bridgehead atoms. The van der Waals surface area contributed by atoms with E-state index in [9.17, 15) is 14.7 Å². The van der Waals surface area contributed by atoms with Gasteiger partial charge in [-0.3, -0.25) is 14.5 Å². The Morgan fingerprint density at radius 2 is 1.70 bits per heavy atom. The van der Waals surface area contributed by atoms with E-state index in [0.717, 1.165) is 44.9 Å². The molecular weight excluding hydrogens is 254 g/mol. The van der Waals surface area contributed by atoms with Crippen molar-refractivity contribution >= 4 is 11.8 Å². The van der Waals surface area contributed by atoms with Gasteiger partial charge in [0, 0.05) is 19.4 Å². The van der Waals surface area contributed by atoms with Gasteiger partial charge in [0.15, 0.2) is 0 Å². The number of carbonyl (C=O) groups is 2. The van der Waals surface area contributed by atoms with Gasteiger partial charge in [-0.05, 0) is 43.4 Å². The third-order valence-electron chi connectivity index (χ3n) is 5.52. The maximum atomic E-state index is 12.4. The molecule has 1 saturated heterocycles. The molecule has 112 valence electrons. The van der Waals surface area contributed by atoms with Crippen LogP contribution in [0.1, 0.15) is 64.2 Å². The summed E-state index contributed by atoms with van der Waals surface area (Å²) >= 11 is 0. The Bertz CT molecular complexity index is 381. The quantitative estimate of drug-likeness (QED) is 0.789. The zero-order valence-corrected chi connectivity index (χ0v) is 12.1. The van der Waals surface area contributed by atoms with Gasteiger partial charge in [0.05, 0.1) is 6.10 Å². The molecule has 1 spiro atoms. The number of aliphatic hydroxyl groups excluding tert-OH is 1. The van der Waals surface area contributed by atoms with Crippen LogP contribution in [-0.2, 0) is 9.59 Å². The number of piperidine rings is 1. The normalized spacial score (nSPS) is 34.0. The highest BCUT2D eigenvalue weighted by Gasteiger charge is 2.44. The number of rotatable bonds is 2. The molecule has 2 saturated carbocycles. The lowest BCUT2D eigenvalue weighted by molar-refractivity contribution is -0.155. The van der Waals surface area contributed by atoms with Crippen LogP contribution in [0.15, 0.2) is 0 Å². The minimum Gasteiger partial charge on any atom is -0.393 e. The summed E-state index contributed by atoms with van der Waals surface area (Å²) in [5, 5.41) is 9.57. The topological polar surface area (TPSA) is 57.6 Å². The van der Waals surface area contributed by atoms with Crippen LogP contribution in [0.4, 0.5) is 0 Å². The lowest BCUT2D eigenvalue weighted by Gasteiger charge is -2.42. The Morgan fingerprint density at radius 3 is 2.25 bits per heavy atom. The molecular formula is C16H25NO3. The summed E-state index contributed by atoms with van der Waals surface area (Å²) in [6, 6.07) is 0. The smallest absolute Gasteiger partial charge is 0.229 e. The van der Waals surface area contributed by atoms with Gasteiger partial charge < -0.3 is 5.11 Å². The van der Waals surface area contributed by atoms with E-state index in [1.807, 2.05) is 0 Å². The van der Waals surface area contributed by atoms with Crippen LogP contribution in [0.2, 0.25) is 0 Å². The van der Waals surface area contributed by atoms with Gasteiger partial charge in [-0.15, -0.1) is 0 Å². The summed E-state index contributed by atoms with van der Waals surface area (Å²) < 4.78 is 0. The van der Waals surface area contributed by atoms with Crippen molar-refractivity contribution in [3.8, 4) is 0 Å². The molecule has 4 nitrogen and oxygen atoms in total. The predicted molar refractivity (Wildman–Crippen MR) is 74.8 cm³/mol. The Morgan fingerprint density at radius 1 is 1.05 bits per heavy atom. The second-order valence-corrected chi connectivity index (χ2v) is 7.15. The number of likely N-dealkylation sites (tertiary alicyclic amines) is 1. The highest BCUT2D eigenvalue weighted by molar-refractivity contribution is 5.98. The van der Waals surface area contributed by atoms with Crippen LogP contribution in [0.5, 0.6) is 0 Å². The Kier molecular flexibility index (Phi) is 3.85. The Hall–Kier alpha value is -0.900. The first-order valence-electron chi connectivity index (χ1n) is 8.09. The van der Waals surface area contributed by atoms with Crippen LogP contribution in [0.25, 0.3) is 0 Å². The van der Waals surface area contributed by atoms with Gasteiger partial charge in [0.2, 0.25) is 11.8 Å². The van der Waals surface area contributed by atoms with Gasteiger partial charge in [-0.1, -0.05) is 19.3 Å². The summed E-state index contributed by atoms with van der Waals surface area (Å²) in [5.74, 6) is 0.368. The maximum absolute atomic E-state index is 12.4. The largest absolute Gasteiger partial charge is 0.393 e. The number of imide groups is 1. The van der Waals surface area contributed by atoms with Gasteiger partial charge in [-0.25, -0.2) is 0 Å². The van der Waals surface area contributed by atoms with Crippen molar-refractivity contribution in [2.24, 2.45) is 11.3 Å². The van der Waals surface area contributed by atoms with Crippen LogP contribution < -0.4 is 0 Å². The zero-order valence-electron chi connectivity index (χ0n) is 12.1. The second-order valence-electron chi connectivity index (χ2n) is 7.15. The summed E-state index contributed by atoms with van der Waals surface area (Å²) in [6.07, 6.45) is 9.03. The lowest BCUT2D eigenvalue weighted by atomic mass is 9.67. The number of hydrogen-bond donors (Lipinski definition) is 1. The third kappa shape index (κ3) is 2.76. The van der Waals surface area contributed by atoms with Crippen molar-refractivity contribution in [2.75, 3.05) is 6.54 Å². The molecule has 1 heterocycles. The van der Waals surface area contributed by atoms with E-state index >= 15 is 0 Å². The minimum atomic E-state index is -0.236. The summed E-state index contributed by atoms with van der Waals surface area (Å²) in [4.78, 5) is 26.3. The maximum Gasteiger partial charge on any atom is 0.229 e. The molecule has 2 unspecified atom stereocenters. The standard InChI is InChI=1S/C16H25NO3/c18-13-5-4-12(8-13)11-17-14(19)9-16(10-15(17)20)6-2-1-3-7-16/h12-13,18H,1-11H2. The van der Waals surface area contributed by atoms with E-state index in [0.29, 0.717) is 25.3 Å². The first kappa shape index (κ1) is 14.1.